The Labute approximate surface area is 210 Å². The summed E-state index contributed by atoms with van der Waals surface area (Å²) in [5.74, 6) is 0.321. The van der Waals surface area contributed by atoms with E-state index < -0.39 is 17.7 Å². The van der Waals surface area contributed by atoms with Gasteiger partial charge in [0, 0.05) is 19.2 Å². The summed E-state index contributed by atoms with van der Waals surface area (Å²) in [4.78, 5) is 27.7. The van der Waals surface area contributed by atoms with Crippen molar-refractivity contribution in [3.63, 3.8) is 0 Å². The van der Waals surface area contributed by atoms with Gasteiger partial charge >= 0.3 is 0 Å². The van der Waals surface area contributed by atoms with Gasteiger partial charge in [-0.2, -0.15) is 0 Å². The number of ether oxygens (including phenoxy) is 5. The Bertz CT molecular complexity index is 1160. The van der Waals surface area contributed by atoms with Crippen molar-refractivity contribution >= 4 is 17.4 Å². The predicted molar refractivity (Wildman–Crippen MR) is 132 cm³/mol. The van der Waals surface area contributed by atoms with Crippen LogP contribution in [-0.4, -0.2) is 68.4 Å². The van der Waals surface area contributed by atoms with Crippen LogP contribution in [0.1, 0.15) is 37.4 Å². The monoisotopic (exact) mass is 497 g/mol. The van der Waals surface area contributed by atoms with E-state index in [1.807, 2.05) is 13.8 Å². The van der Waals surface area contributed by atoms with E-state index in [0.29, 0.717) is 60.6 Å². The summed E-state index contributed by atoms with van der Waals surface area (Å²) in [5.41, 5.74) is 0.941. The van der Waals surface area contributed by atoms with Crippen molar-refractivity contribution in [3.05, 3.63) is 53.1 Å². The summed E-state index contributed by atoms with van der Waals surface area (Å²) in [6.45, 7) is 6.02. The molecular formula is C27H31NO8. The van der Waals surface area contributed by atoms with Gasteiger partial charge in [0.2, 0.25) is 0 Å². The van der Waals surface area contributed by atoms with Gasteiger partial charge in [-0.3, -0.25) is 9.59 Å². The third-order valence-corrected chi connectivity index (χ3v) is 5.94. The fourth-order valence-electron chi connectivity index (χ4n) is 4.29. The summed E-state index contributed by atoms with van der Waals surface area (Å²) in [6.07, 6.45) is 0.833. The maximum atomic E-state index is 13.2. The summed E-state index contributed by atoms with van der Waals surface area (Å²) < 4.78 is 28.0. The van der Waals surface area contributed by atoms with Gasteiger partial charge < -0.3 is 33.7 Å². The van der Waals surface area contributed by atoms with E-state index in [9.17, 15) is 14.7 Å². The Morgan fingerprint density at radius 3 is 2.50 bits per heavy atom. The predicted octanol–water partition coefficient (Wildman–Crippen LogP) is 3.71. The zero-order valence-corrected chi connectivity index (χ0v) is 20.7. The lowest BCUT2D eigenvalue weighted by Crippen LogP contribution is -2.32. The SMILES string of the molecule is CCCOc1ccc([C@@H]2/C(=C(\O)c3ccc4c(c3)OCCO4)C(=O)C(=O)N2CCOC)cc1OCC. The molecule has 0 saturated carbocycles. The normalized spacial score (nSPS) is 18.4. The van der Waals surface area contributed by atoms with Crippen molar-refractivity contribution in [1.82, 2.24) is 4.90 Å². The second-order valence-electron chi connectivity index (χ2n) is 8.33. The number of methoxy groups -OCH3 is 1. The molecule has 2 aliphatic heterocycles. The Morgan fingerprint density at radius 2 is 1.78 bits per heavy atom. The van der Waals surface area contributed by atoms with Crippen LogP contribution in [0.25, 0.3) is 5.76 Å². The van der Waals surface area contributed by atoms with Crippen LogP contribution in [0.4, 0.5) is 0 Å². The highest BCUT2D eigenvalue weighted by atomic mass is 16.6. The number of fused-ring (bicyclic) bond motifs is 1. The molecule has 0 aliphatic carbocycles. The topological polar surface area (TPSA) is 104 Å². The molecule has 1 saturated heterocycles. The van der Waals surface area contributed by atoms with Crippen molar-refractivity contribution in [3.8, 4) is 23.0 Å². The minimum absolute atomic E-state index is 0.0162. The summed E-state index contributed by atoms with van der Waals surface area (Å²) in [7, 11) is 1.52. The first-order chi connectivity index (χ1) is 17.5. The average molecular weight is 498 g/mol. The van der Waals surface area contributed by atoms with Crippen molar-refractivity contribution < 1.29 is 38.4 Å². The Kier molecular flexibility index (Phi) is 8.00. The number of rotatable bonds is 10. The summed E-state index contributed by atoms with van der Waals surface area (Å²) >= 11 is 0. The molecule has 9 nitrogen and oxygen atoms in total. The minimum atomic E-state index is -0.840. The van der Waals surface area contributed by atoms with Crippen molar-refractivity contribution in [2.45, 2.75) is 26.3 Å². The first-order valence-corrected chi connectivity index (χ1v) is 12.1. The fraction of sp³-hybridized carbons (Fsp3) is 0.407. The molecule has 0 radical (unpaired) electrons. The van der Waals surface area contributed by atoms with Gasteiger partial charge in [-0.25, -0.2) is 0 Å². The Balaban J connectivity index is 1.82. The molecule has 36 heavy (non-hydrogen) atoms. The number of Topliss-reactive ketones (excluding diaryl/α,β-unsaturated/α-hetero) is 1. The standard InChI is InChI=1S/C27H31NO8/c1-4-11-34-19-8-6-17(15-21(19)33-5-2)24-23(26(30)27(31)28(24)10-12-32-3)25(29)18-7-9-20-22(16-18)36-14-13-35-20/h6-9,15-16,24,29H,4-5,10-14H2,1-3H3/b25-23+/t24-/m1/s1. The number of aliphatic hydroxyl groups excluding tert-OH is 1. The highest BCUT2D eigenvalue weighted by Gasteiger charge is 2.46. The lowest BCUT2D eigenvalue weighted by molar-refractivity contribution is -0.140. The second kappa shape index (κ2) is 11.3. The van der Waals surface area contributed by atoms with E-state index >= 15 is 0 Å². The van der Waals surface area contributed by atoms with Gasteiger partial charge in [-0.15, -0.1) is 0 Å². The lowest BCUT2D eigenvalue weighted by atomic mass is 9.94. The van der Waals surface area contributed by atoms with Crippen LogP contribution in [0.5, 0.6) is 23.0 Å². The third kappa shape index (κ3) is 4.97. The van der Waals surface area contributed by atoms with E-state index in [-0.39, 0.29) is 24.5 Å². The molecule has 1 atom stereocenters. The molecule has 9 heteroatoms. The number of hydrogen-bond acceptors (Lipinski definition) is 8. The number of hydrogen-bond donors (Lipinski definition) is 1. The maximum absolute atomic E-state index is 13.2. The smallest absolute Gasteiger partial charge is 0.295 e. The molecule has 192 valence electrons. The third-order valence-electron chi connectivity index (χ3n) is 5.94. The number of carbonyl (C=O) groups excluding carboxylic acids is 2. The van der Waals surface area contributed by atoms with Crippen LogP contribution in [0.2, 0.25) is 0 Å². The van der Waals surface area contributed by atoms with Crippen LogP contribution in [0.3, 0.4) is 0 Å². The largest absolute Gasteiger partial charge is 0.507 e. The highest BCUT2D eigenvalue weighted by molar-refractivity contribution is 6.46. The van der Waals surface area contributed by atoms with Crippen molar-refractivity contribution in [2.75, 3.05) is 46.7 Å². The van der Waals surface area contributed by atoms with Gasteiger partial charge in [-0.1, -0.05) is 13.0 Å². The van der Waals surface area contributed by atoms with Gasteiger partial charge in [0.05, 0.1) is 31.4 Å². The average Bonchev–Trinajstić information content (AvgIpc) is 3.15. The maximum Gasteiger partial charge on any atom is 0.295 e. The molecule has 1 amide bonds. The van der Waals surface area contributed by atoms with E-state index in [1.165, 1.54) is 12.0 Å². The van der Waals surface area contributed by atoms with Gasteiger partial charge in [0.1, 0.15) is 19.0 Å². The van der Waals surface area contributed by atoms with Crippen LogP contribution < -0.4 is 18.9 Å². The summed E-state index contributed by atoms with van der Waals surface area (Å²) in [5, 5.41) is 11.3. The molecule has 1 fully saturated rings. The van der Waals surface area contributed by atoms with Crippen LogP contribution in [0, 0.1) is 0 Å². The number of aliphatic hydroxyl groups is 1. The van der Waals surface area contributed by atoms with E-state index in [4.69, 9.17) is 23.7 Å². The van der Waals surface area contributed by atoms with Gasteiger partial charge in [0.25, 0.3) is 11.7 Å². The number of amides is 1. The molecule has 0 bridgehead atoms. The number of likely N-dealkylation sites (tertiary alicyclic amines) is 1. The van der Waals surface area contributed by atoms with Crippen LogP contribution >= 0.6 is 0 Å². The molecule has 2 aromatic carbocycles. The van der Waals surface area contributed by atoms with E-state index in [0.717, 1.165) is 6.42 Å². The van der Waals surface area contributed by atoms with E-state index in [2.05, 4.69) is 0 Å². The molecular weight excluding hydrogens is 466 g/mol. The second-order valence-corrected chi connectivity index (χ2v) is 8.33. The molecule has 0 aromatic heterocycles. The van der Waals surface area contributed by atoms with Gasteiger partial charge in [-0.05, 0) is 49.2 Å². The van der Waals surface area contributed by atoms with Crippen molar-refractivity contribution in [1.29, 1.82) is 0 Å². The fourth-order valence-corrected chi connectivity index (χ4v) is 4.29. The number of carbonyl (C=O) groups is 2. The molecule has 0 spiro atoms. The molecule has 2 heterocycles. The quantitative estimate of drug-likeness (QED) is 0.301. The molecule has 2 aromatic rings. The number of benzene rings is 2. The molecule has 1 N–H and O–H groups in total. The molecule has 4 rings (SSSR count). The number of ketones is 1. The highest BCUT2D eigenvalue weighted by Crippen LogP contribution is 2.43. The molecule has 2 aliphatic rings. The Morgan fingerprint density at radius 1 is 1.00 bits per heavy atom. The first-order valence-electron chi connectivity index (χ1n) is 12.1. The molecule has 0 unspecified atom stereocenters. The first kappa shape index (κ1) is 25.4. The van der Waals surface area contributed by atoms with Crippen LogP contribution in [-0.2, 0) is 14.3 Å². The van der Waals surface area contributed by atoms with Gasteiger partial charge in [0.15, 0.2) is 23.0 Å². The lowest BCUT2D eigenvalue weighted by Gasteiger charge is -2.26. The zero-order chi connectivity index (χ0) is 25.7. The van der Waals surface area contributed by atoms with Crippen LogP contribution in [0.15, 0.2) is 42.0 Å². The van der Waals surface area contributed by atoms with Crippen molar-refractivity contribution in [2.24, 2.45) is 0 Å². The minimum Gasteiger partial charge on any atom is -0.507 e. The Hall–Kier alpha value is -3.72. The summed E-state index contributed by atoms with van der Waals surface area (Å²) in [6, 6.07) is 9.37. The van der Waals surface area contributed by atoms with E-state index in [1.54, 1.807) is 36.4 Å². The number of nitrogens with zero attached hydrogens (tertiary/aromatic N) is 1. The zero-order valence-electron chi connectivity index (χ0n) is 20.7.